The minimum Gasteiger partial charge on any atom is -0.370 e. The number of aryl methyl sites for hydroxylation is 1. The van der Waals surface area contributed by atoms with Crippen molar-refractivity contribution in [1.82, 2.24) is 9.47 Å². The molecule has 2 N–H and O–H groups in total. The summed E-state index contributed by atoms with van der Waals surface area (Å²) in [4.78, 5) is 25.9. The van der Waals surface area contributed by atoms with Crippen LogP contribution < -0.4 is 5.73 Å². The number of primary amides is 1. The third-order valence-corrected chi connectivity index (χ3v) is 6.02. The Balaban J connectivity index is 1.75. The molecule has 1 heterocycles. The van der Waals surface area contributed by atoms with Gasteiger partial charge in [-0.2, -0.15) is 0 Å². The number of amides is 2. The molecule has 0 aliphatic heterocycles. The Morgan fingerprint density at radius 3 is 2.50 bits per heavy atom. The van der Waals surface area contributed by atoms with Gasteiger partial charge in [-0.15, -0.1) is 0 Å². The molecule has 1 aliphatic carbocycles. The van der Waals surface area contributed by atoms with E-state index in [0.717, 1.165) is 11.1 Å². The van der Waals surface area contributed by atoms with Crippen molar-refractivity contribution in [3.8, 4) is 0 Å². The van der Waals surface area contributed by atoms with Crippen LogP contribution in [0.4, 0.5) is 0 Å². The number of nitrogens with zero attached hydrogens (tertiary/aromatic N) is 2. The largest absolute Gasteiger partial charge is 0.370 e. The molecule has 0 radical (unpaired) electrons. The quantitative estimate of drug-likeness (QED) is 0.653. The van der Waals surface area contributed by atoms with Crippen molar-refractivity contribution in [2.24, 2.45) is 5.73 Å². The minimum atomic E-state index is -0.402. The molecule has 30 heavy (non-hydrogen) atoms. The zero-order chi connectivity index (χ0) is 21.5. The van der Waals surface area contributed by atoms with E-state index in [2.05, 4.69) is 24.5 Å². The van der Waals surface area contributed by atoms with Crippen LogP contribution in [0.2, 0.25) is 0 Å². The molecule has 1 saturated carbocycles. The number of carbonyl (C=O) groups is 2. The van der Waals surface area contributed by atoms with Crippen LogP contribution in [0.3, 0.4) is 0 Å². The third-order valence-electron chi connectivity index (χ3n) is 6.02. The monoisotopic (exact) mass is 407 g/mol. The maximum absolute atomic E-state index is 12.9. The molecular weight excluding hydrogens is 374 g/mol. The average molecular weight is 408 g/mol. The molecule has 1 aromatic carbocycles. The highest BCUT2D eigenvalue weighted by atomic mass is 16.2. The third kappa shape index (κ3) is 5.62. The van der Waals surface area contributed by atoms with Crippen LogP contribution in [0.5, 0.6) is 0 Å². The lowest BCUT2D eigenvalue weighted by Gasteiger charge is -2.26. The zero-order valence-corrected chi connectivity index (χ0v) is 18.1. The lowest BCUT2D eigenvalue weighted by molar-refractivity contribution is -0.127. The molecule has 0 spiro atoms. The van der Waals surface area contributed by atoms with Gasteiger partial charge in [-0.05, 0) is 50.0 Å². The van der Waals surface area contributed by atoms with Gasteiger partial charge in [0, 0.05) is 43.0 Å². The standard InChI is InChI=1S/C25H33N3O2/c1-19-17-22(20(2)28(19)23-11-7-4-8-12-23)13-14-25(30)27(16-15-24(26)29)18-21-9-5-3-6-10-21/h3,5-6,9-10,13-14,17,23H,4,7-8,11-12,15-16,18H2,1-2H3,(H2,26,29)/b14-13+. The van der Waals surface area contributed by atoms with Crippen LogP contribution in [-0.2, 0) is 16.1 Å². The van der Waals surface area contributed by atoms with E-state index in [4.69, 9.17) is 5.73 Å². The van der Waals surface area contributed by atoms with Gasteiger partial charge in [-0.25, -0.2) is 0 Å². The van der Waals surface area contributed by atoms with Crippen molar-refractivity contribution >= 4 is 17.9 Å². The molecule has 1 fully saturated rings. The number of nitrogens with two attached hydrogens (primary N) is 1. The molecule has 0 saturated heterocycles. The predicted octanol–water partition coefficient (Wildman–Crippen LogP) is 4.53. The first-order chi connectivity index (χ1) is 14.5. The minimum absolute atomic E-state index is 0.109. The summed E-state index contributed by atoms with van der Waals surface area (Å²) in [6, 6.07) is 12.5. The molecule has 1 aliphatic rings. The topological polar surface area (TPSA) is 68.3 Å². The number of carbonyl (C=O) groups excluding carboxylic acids is 2. The van der Waals surface area contributed by atoms with Crippen LogP contribution in [-0.4, -0.2) is 27.8 Å². The van der Waals surface area contributed by atoms with Crippen LogP contribution in [0.25, 0.3) is 6.08 Å². The first kappa shape index (κ1) is 21.9. The Kier molecular flexibility index (Phi) is 7.50. The molecule has 5 nitrogen and oxygen atoms in total. The maximum Gasteiger partial charge on any atom is 0.246 e. The van der Waals surface area contributed by atoms with Gasteiger partial charge < -0.3 is 15.2 Å². The fraction of sp³-hybridized carbons (Fsp3) is 0.440. The van der Waals surface area contributed by atoms with Crippen molar-refractivity contribution < 1.29 is 9.59 Å². The Bertz CT molecular complexity index is 893. The van der Waals surface area contributed by atoms with Crippen molar-refractivity contribution in [3.63, 3.8) is 0 Å². The van der Waals surface area contributed by atoms with E-state index in [1.54, 1.807) is 11.0 Å². The smallest absolute Gasteiger partial charge is 0.246 e. The molecule has 160 valence electrons. The van der Waals surface area contributed by atoms with E-state index in [0.29, 0.717) is 19.1 Å². The normalized spacial score (nSPS) is 14.9. The number of benzene rings is 1. The lowest BCUT2D eigenvalue weighted by atomic mass is 9.95. The van der Waals surface area contributed by atoms with E-state index >= 15 is 0 Å². The second-order valence-corrected chi connectivity index (χ2v) is 8.28. The first-order valence-corrected chi connectivity index (χ1v) is 10.9. The Hall–Kier alpha value is -2.82. The summed E-state index contributed by atoms with van der Waals surface area (Å²) in [5.74, 6) is -0.511. The summed E-state index contributed by atoms with van der Waals surface area (Å²) in [6.07, 6.45) is 10.1. The van der Waals surface area contributed by atoms with Crippen LogP contribution >= 0.6 is 0 Å². The molecule has 5 heteroatoms. The van der Waals surface area contributed by atoms with Gasteiger partial charge in [0.15, 0.2) is 0 Å². The van der Waals surface area contributed by atoms with Crippen LogP contribution in [0.1, 0.15) is 67.1 Å². The van der Waals surface area contributed by atoms with E-state index in [1.165, 1.54) is 43.5 Å². The molecule has 0 bridgehead atoms. The van der Waals surface area contributed by atoms with Crippen LogP contribution in [0, 0.1) is 13.8 Å². The van der Waals surface area contributed by atoms with Gasteiger partial charge in [0.2, 0.25) is 11.8 Å². The lowest BCUT2D eigenvalue weighted by Crippen LogP contribution is -2.32. The average Bonchev–Trinajstić information content (AvgIpc) is 3.03. The highest BCUT2D eigenvalue weighted by Crippen LogP contribution is 2.32. The fourth-order valence-electron chi connectivity index (χ4n) is 4.46. The SMILES string of the molecule is Cc1cc(/C=C/C(=O)N(CCC(N)=O)Cc2ccccc2)c(C)n1C1CCCCC1. The summed E-state index contributed by atoms with van der Waals surface area (Å²) < 4.78 is 2.44. The summed E-state index contributed by atoms with van der Waals surface area (Å²) >= 11 is 0. The molecule has 2 aromatic rings. The summed E-state index contributed by atoms with van der Waals surface area (Å²) in [5, 5.41) is 0. The molecule has 1 aromatic heterocycles. The van der Waals surface area contributed by atoms with Gasteiger partial charge in [0.05, 0.1) is 0 Å². The summed E-state index contributed by atoms with van der Waals surface area (Å²) in [6.45, 7) is 5.06. The van der Waals surface area contributed by atoms with Crippen molar-refractivity contribution in [2.45, 2.75) is 65.0 Å². The molecule has 3 rings (SSSR count). The van der Waals surface area contributed by atoms with Crippen molar-refractivity contribution in [3.05, 3.63) is 65.0 Å². The maximum atomic E-state index is 12.9. The van der Waals surface area contributed by atoms with Gasteiger partial charge >= 0.3 is 0 Å². The Morgan fingerprint density at radius 2 is 1.83 bits per heavy atom. The van der Waals surface area contributed by atoms with Crippen LogP contribution in [0.15, 0.2) is 42.5 Å². The summed E-state index contributed by atoms with van der Waals surface area (Å²) in [7, 11) is 0. The van der Waals surface area contributed by atoms with E-state index in [1.807, 2.05) is 36.4 Å². The van der Waals surface area contributed by atoms with E-state index < -0.39 is 5.91 Å². The molecule has 0 unspecified atom stereocenters. The second kappa shape index (κ2) is 10.3. The zero-order valence-electron chi connectivity index (χ0n) is 18.1. The highest BCUT2D eigenvalue weighted by molar-refractivity contribution is 5.92. The fourth-order valence-corrected chi connectivity index (χ4v) is 4.46. The molecular formula is C25H33N3O2. The number of rotatable bonds is 8. The Morgan fingerprint density at radius 1 is 1.13 bits per heavy atom. The van der Waals surface area contributed by atoms with Crippen molar-refractivity contribution in [2.75, 3.05) is 6.54 Å². The second-order valence-electron chi connectivity index (χ2n) is 8.28. The van der Waals surface area contributed by atoms with Gasteiger partial charge in [0.1, 0.15) is 0 Å². The number of hydrogen-bond donors (Lipinski definition) is 1. The Labute approximate surface area is 179 Å². The first-order valence-electron chi connectivity index (χ1n) is 10.9. The highest BCUT2D eigenvalue weighted by Gasteiger charge is 2.19. The van der Waals surface area contributed by atoms with Gasteiger partial charge in [-0.3, -0.25) is 9.59 Å². The van der Waals surface area contributed by atoms with E-state index in [9.17, 15) is 9.59 Å². The van der Waals surface area contributed by atoms with Gasteiger partial charge in [-0.1, -0.05) is 49.6 Å². The van der Waals surface area contributed by atoms with Crippen molar-refractivity contribution in [1.29, 1.82) is 0 Å². The number of hydrogen-bond acceptors (Lipinski definition) is 2. The molecule has 0 atom stereocenters. The van der Waals surface area contributed by atoms with E-state index in [-0.39, 0.29) is 12.3 Å². The number of aromatic nitrogens is 1. The van der Waals surface area contributed by atoms with Gasteiger partial charge in [0.25, 0.3) is 0 Å². The predicted molar refractivity (Wildman–Crippen MR) is 121 cm³/mol. The summed E-state index contributed by atoms with van der Waals surface area (Å²) in [5.41, 5.74) is 9.89. The molecule has 2 amide bonds.